The third-order valence-electron chi connectivity index (χ3n) is 2.58. The first kappa shape index (κ1) is 14.4. The topological polar surface area (TPSA) is 53.1 Å². The van der Waals surface area contributed by atoms with E-state index in [0.717, 1.165) is 0 Å². The number of nitrogens with two attached hydrogens (primary N) is 1. The van der Waals surface area contributed by atoms with Crippen molar-refractivity contribution in [1.29, 1.82) is 0 Å². The highest BCUT2D eigenvalue weighted by Crippen LogP contribution is 2.30. The van der Waals surface area contributed by atoms with Crippen LogP contribution in [0.3, 0.4) is 0 Å². The van der Waals surface area contributed by atoms with Crippen LogP contribution in [0, 0.1) is 0 Å². The second-order valence-electron chi connectivity index (χ2n) is 4.18. The maximum absolute atomic E-state index is 12.2. The van der Waals surface area contributed by atoms with Gasteiger partial charge in [0.05, 0.1) is 12.7 Å². The van der Waals surface area contributed by atoms with Crippen LogP contribution in [0.1, 0.15) is 0 Å². The first-order valence-corrected chi connectivity index (χ1v) is 6.01. The Morgan fingerprint density at radius 1 is 1.25 bits per heavy atom. The molecule has 0 amide bonds. The highest BCUT2D eigenvalue weighted by atomic mass is 19.4. The smallest absolute Gasteiger partial charge is 0.422 e. The van der Waals surface area contributed by atoms with Gasteiger partial charge in [-0.3, -0.25) is 4.68 Å². The summed E-state index contributed by atoms with van der Waals surface area (Å²) in [5.74, 6) is 0.178. The number of ether oxygens (including phenoxy) is 1. The Labute approximate surface area is 114 Å². The van der Waals surface area contributed by atoms with Gasteiger partial charge in [0.1, 0.15) is 5.75 Å². The normalized spacial score (nSPS) is 11.6. The van der Waals surface area contributed by atoms with Crippen LogP contribution in [-0.2, 0) is 6.54 Å². The molecule has 0 radical (unpaired) electrons. The fourth-order valence-corrected chi connectivity index (χ4v) is 1.75. The van der Waals surface area contributed by atoms with Gasteiger partial charge in [0.25, 0.3) is 0 Å². The summed E-state index contributed by atoms with van der Waals surface area (Å²) in [4.78, 5) is 0. The summed E-state index contributed by atoms with van der Waals surface area (Å²) in [6.45, 7) is -0.333. The molecular formula is C13H14F3N3O. The van der Waals surface area contributed by atoms with E-state index < -0.39 is 12.8 Å². The molecule has 0 fully saturated rings. The molecule has 2 rings (SSSR count). The molecule has 0 aliphatic carbocycles. The summed E-state index contributed by atoms with van der Waals surface area (Å²) in [7, 11) is 0. The minimum atomic E-state index is -4.36. The molecule has 4 nitrogen and oxygen atoms in total. The fourth-order valence-electron chi connectivity index (χ4n) is 1.75. The van der Waals surface area contributed by atoms with Crippen molar-refractivity contribution in [3.63, 3.8) is 0 Å². The second-order valence-corrected chi connectivity index (χ2v) is 4.18. The van der Waals surface area contributed by atoms with E-state index in [4.69, 9.17) is 10.5 Å². The third-order valence-corrected chi connectivity index (χ3v) is 2.58. The lowest BCUT2D eigenvalue weighted by atomic mass is 10.1. The molecule has 0 saturated carbocycles. The van der Waals surface area contributed by atoms with Crippen molar-refractivity contribution in [3.05, 3.63) is 36.7 Å². The molecule has 0 aliphatic heterocycles. The number of halogens is 3. The lowest BCUT2D eigenvalue weighted by Gasteiger charge is -2.12. The Balaban J connectivity index is 2.22. The van der Waals surface area contributed by atoms with Crippen LogP contribution in [0.15, 0.2) is 36.7 Å². The van der Waals surface area contributed by atoms with Gasteiger partial charge in [-0.05, 0) is 6.07 Å². The van der Waals surface area contributed by atoms with E-state index in [9.17, 15) is 13.2 Å². The molecule has 0 atom stereocenters. The monoisotopic (exact) mass is 285 g/mol. The standard InChI is InChI=1S/C13H14F3N3O/c14-13(15,16)9-20-12-4-2-1-3-11(12)10-7-18-19(8-10)6-5-17/h1-4,7-8H,5-6,9,17H2. The molecule has 7 heteroatoms. The van der Waals surface area contributed by atoms with Crippen molar-refractivity contribution < 1.29 is 17.9 Å². The Morgan fingerprint density at radius 2 is 2.00 bits per heavy atom. The summed E-state index contributed by atoms with van der Waals surface area (Å²) in [5.41, 5.74) is 6.68. The molecule has 0 unspecified atom stereocenters. The largest absolute Gasteiger partial charge is 0.483 e. The van der Waals surface area contributed by atoms with Crippen molar-refractivity contribution in [2.75, 3.05) is 13.2 Å². The zero-order valence-electron chi connectivity index (χ0n) is 10.6. The molecule has 2 N–H and O–H groups in total. The van der Waals surface area contributed by atoms with Gasteiger partial charge >= 0.3 is 6.18 Å². The number of para-hydroxylation sites is 1. The lowest BCUT2D eigenvalue weighted by Crippen LogP contribution is -2.19. The summed E-state index contributed by atoms with van der Waals surface area (Å²) in [5, 5.41) is 4.09. The van der Waals surface area contributed by atoms with Crippen LogP contribution in [0.25, 0.3) is 11.1 Å². The van der Waals surface area contributed by atoms with E-state index in [2.05, 4.69) is 5.10 Å². The Bertz CT molecular complexity index is 566. The van der Waals surface area contributed by atoms with E-state index in [1.807, 2.05) is 0 Å². The Hall–Kier alpha value is -2.02. The van der Waals surface area contributed by atoms with Gasteiger partial charge in [-0.2, -0.15) is 18.3 Å². The van der Waals surface area contributed by atoms with Gasteiger partial charge in [0, 0.05) is 23.9 Å². The summed E-state index contributed by atoms with van der Waals surface area (Å²) in [6.07, 6.45) is -1.06. The second kappa shape index (κ2) is 5.96. The summed E-state index contributed by atoms with van der Waals surface area (Å²) < 4.78 is 43.1. The van der Waals surface area contributed by atoms with Gasteiger partial charge < -0.3 is 10.5 Å². The number of rotatable bonds is 5. The van der Waals surface area contributed by atoms with Crippen molar-refractivity contribution in [2.24, 2.45) is 5.73 Å². The third kappa shape index (κ3) is 3.74. The molecule has 1 aromatic heterocycles. The van der Waals surface area contributed by atoms with Gasteiger partial charge in [0.15, 0.2) is 6.61 Å². The first-order chi connectivity index (χ1) is 9.49. The maximum atomic E-state index is 12.2. The summed E-state index contributed by atoms with van der Waals surface area (Å²) >= 11 is 0. The molecule has 0 bridgehead atoms. The van der Waals surface area contributed by atoms with Crippen molar-refractivity contribution >= 4 is 0 Å². The predicted octanol–water partition coefficient (Wildman–Crippen LogP) is 2.45. The van der Waals surface area contributed by atoms with Crippen molar-refractivity contribution in [1.82, 2.24) is 9.78 Å². The molecule has 0 aliphatic rings. The molecule has 0 spiro atoms. The zero-order valence-corrected chi connectivity index (χ0v) is 10.6. The minimum absolute atomic E-state index is 0.178. The van der Waals surface area contributed by atoms with Crippen molar-refractivity contribution in [2.45, 2.75) is 12.7 Å². The summed E-state index contributed by atoms with van der Waals surface area (Å²) in [6, 6.07) is 6.55. The van der Waals surface area contributed by atoms with Crippen molar-refractivity contribution in [3.8, 4) is 16.9 Å². The number of hydrogen-bond acceptors (Lipinski definition) is 3. The van der Waals surface area contributed by atoms with Crippen LogP contribution in [-0.4, -0.2) is 29.1 Å². The highest BCUT2D eigenvalue weighted by molar-refractivity contribution is 5.69. The van der Waals surface area contributed by atoms with Crippen LogP contribution >= 0.6 is 0 Å². The lowest BCUT2D eigenvalue weighted by molar-refractivity contribution is -0.153. The number of alkyl halides is 3. The van der Waals surface area contributed by atoms with Gasteiger partial charge in [-0.15, -0.1) is 0 Å². The van der Waals surface area contributed by atoms with Gasteiger partial charge in [0.2, 0.25) is 0 Å². The number of nitrogens with zero attached hydrogens (tertiary/aromatic N) is 2. The number of hydrogen-bond donors (Lipinski definition) is 1. The maximum Gasteiger partial charge on any atom is 0.422 e. The number of benzene rings is 1. The van der Waals surface area contributed by atoms with Crippen LogP contribution in [0.4, 0.5) is 13.2 Å². The number of aromatic nitrogens is 2. The SMILES string of the molecule is NCCn1cc(-c2ccccc2OCC(F)(F)F)cn1. The average molecular weight is 285 g/mol. The molecule has 1 heterocycles. The molecule has 108 valence electrons. The quantitative estimate of drug-likeness (QED) is 0.918. The van der Waals surface area contributed by atoms with E-state index in [1.165, 1.54) is 6.07 Å². The molecule has 0 saturated heterocycles. The fraction of sp³-hybridized carbons (Fsp3) is 0.308. The Morgan fingerprint density at radius 3 is 2.70 bits per heavy atom. The predicted molar refractivity (Wildman–Crippen MR) is 68.3 cm³/mol. The highest BCUT2D eigenvalue weighted by Gasteiger charge is 2.28. The first-order valence-electron chi connectivity index (χ1n) is 6.01. The Kier molecular flexibility index (Phi) is 4.29. The molecule has 2 aromatic rings. The van der Waals surface area contributed by atoms with Gasteiger partial charge in [-0.25, -0.2) is 0 Å². The minimum Gasteiger partial charge on any atom is -0.483 e. The van der Waals surface area contributed by atoms with E-state index >= 15 is 0 Å². The molecule has 1 aromatic carbocycles. The van der Waals surface area contributed by atoms with Gasteiger partial charge in [-0.1, -0.05) is 18.2 Å². The molecular weight excluding hydrogens is 271 g/mol. The molecule has 20 heavy (non-hydrogen) atoms. The van der Waals surface area contributed by atoms with E-state index in [1.54, 1.807) is 35.3 Å². The van der Waals surface area contributed by atoms with Crippen LogP contribution < -0.4 is 10.5 Å². The van der Waals surface area contributed by atoms with E-state index in [0.29, 0.717) is 24.2 Å². The average Bonchev–Trinajstić information content (AvgIpc) is 2.85. The van der Waals surface area contributed by atoms with Crippen LogP contribution in [0.5, 0.6) is 5.75 Å². The van der Waals surface area contributed by atoms with Crippen LogP contribution in [0.2, 0.25) is 0 Å². The zero-order chi connectivity index (χ0) is 14.6. The van der Waals surface area contributed by atoms with E-state index in [-0.39, 0.29) is 5.75 Å².